The van der Waals surface area contributed by atoms with E-state index >= 15 is 0 Å². The van der Waals surface area contributed by atoms with E-state index in [0.29, 0.717) is 0 Å². The van der Waals surface area contributed by atoms with Crippen molar-refractivity contribution in [3.63, 3.8) is 0 Å². The second kappa shape index (κ2) is 3.31. The summed E-state index contributed by atoms with van der Waals surface area (Å²) in [4.78, 5) is 4.69. The molecule has 1 fully saturated rings. The molecule has 0 saturated heterocycles. The number of rotatable bonds is 3. The minimum Gasteiger partial charge on any atom is -0.362 e. The highest BCUT2D eigenvalue weighted by molar-refractivity contribution is 5.75. The molecule has 0 aromatic carbocycles. The van der Waals surface area contributed by atoms with Crippen LogP contribution in [0.5, 0.6) is 0 Å². The number of hydroxylamine groups is 1. The number of nitrogens with one attached hydrogen (secondary N) is 1. The van der Waals surface area contributed by atoms with Gasteiger partial charge in [-0.05, 0) is 23.8 Å². The molecule has 0 atom stereocenters. The number of ether oxygens (including phenoxy) is 1. The summed E-state index contributed by atoms with van der Waals surface area (Å²) in [5, 5.41) is 0. The zero-order valence-corrected chi connectivity index (χ0v) is 5.23. The van der Waals surface area contributed by atoms with Crippen molar-refractivity contribution in [2.24, 2.45) is 0 Å². The minimum absolute atomic E-state index is 0. The molecule has 1 aliphatic rings. The second-order valence-electron chi connectivity index (χ2n) is 2.00. The molecule has 56 valence electrons. The van der Waals surface area contributed by atoms with E-state index in [9.17, 15) is 0 Å². The lowest BCUT2D eigenvalue weighted by Crippen LogP contribution is -2.31. The molecule has 0 aliphatic heterocycles. The third-order valence-electron chi connectivity index (χ3n) is 1.38. The molecule has 0 amide bonds. The van der Waals surface area contributed by atoms with Gasteiger partial charge in [0.05, 0.1) is 7.11 Å². The number of methoxy groups -OCH3 is 1. The van der Waals surface area contributed by atoms with E-state index in [1.54, 1.807) is 14.2 Å². The summed E-state index contributed by atoms with van der Waals surface area (Å²) in [5.41, 5.74) is 2.63. The van der Waals surface area contributed by atoms with Crippen LogP contribution in [-0.4, -0.2) is 30.9 Å². The average molecular weight is 149 g/mol. The van der Waals surface area contributed by atoms with Crippen LogP contribution < -0.4 is 5.48 Å². The lowest BCUT2D eigenvalue weighted by Gasteiger charge is -2.11. The maximum Gasteiger partial charge on any atom is 0.141 e. The molecule has 1 aliphatic carbocycles. The average Bonchev–Trinajstić information content (AvgIpc) is 2.50. The molecular formula is C5H15NO2Si. The zero-order chi connectivity index (χ0) is 6.04. The van der Waals surface area contributed by atoms with E-state index < -0.39 is 0 Å². The molecule has 0 aromatic heterocycles. The summed E-state index contributed by atoms with van der Waals surface area (Å²) in [5.74, 6) is 0. The van der Waals surface area contributed by atoms with E-state index in [1.807, 2.05) is 0 Å². The summed E-state index contributed by atoms with van der Waals surface area (Å²) >= 11 is 0. The van der Waals surface area contributed by atoms with Crippen molar-refractivity contribution in [3.8, 4) is 0 Å². The van der Waals surface area contributed by atoms with Crippen LogP contribution in [0.25, 0.3) is 0 Å². The van der Waals surface area contributed by atoms with Gasteiger partial charge in [0, 0.05) is 7.11 Å². The molecule has 0 radical (unpaired) electrons. The Hall–Kier alpha value is 0.0969. The van der Waals surface area contributed by atoms with Crippen LogP contribution in [0.2, 0.25) is 0 Å². The van der Waals surface area contributed by atoms with E-state index in [4.69, 9.17) is 4.74 Å². The molecule has 0 spiro atoms. The van der Waals surface area contributed by atoms with Crippen LogP contribution in [0.1, 0.15) is 12.8 Å². The zero-order valence-electron chi connectivity index (χ0n) is 5.23. The SMILES string of the molecule is CONC1(OC)CC1.[SiH4]. The maximum absolute atomic E-state index is 5.05. The highest BCUT2D eigenvalue weighted by Crippen LogP contribution is 2.35. The first-order valence-corrected chi connectivity index (χ1v) is 2.68. The monoisotopic (exact) mass is 149 g/mol. The summed E-state index contributed by atoms with van der Waals surface area (Å²) < 4.78 is 5.05. The predicted molar refractivity (Wildman–Crippen MR) is 40.5 cm³/mol. The van der Waals surface area contributed by atoms with Crippen molar-refractivity contribution in [2.45, 2.75) is 18.6 Å². The Morgan fingerprint density at radius 3 is 2.00 bits per heavy atom. The minimum atomic E-state index is -0.130. The normalized spacial score (nSPS) is 20.7. The molecule has 1 saturated carbocycles. The maximum atomic E-state index is 5.05. The summed E-state index contributed by atoms with van der Waals surface area (Å²) in [6.07, 6.45) is 2.11. The van der Waals surface area contributed by atoms with Gasteiger partial charge < -0.3 is 9.57 Å². The van der Waals surface area contributed by atoms with Gasteiger partial charge in [-0.25, -0.2) is 0 Å². The van der Waals surface area contributed by atoms with E-state index in [0.717, 1.165) is 12.8 Å². The Morgan fingerprint density at radius 1 is 1.33 bits per heavy atom. The van der Waals surface area contributed by atoms with Gasteiger partial charge in [-0.15, -0.1) is 0 Å². The molecule has 3 nitrogen and oxygen atoms in total. The molecule has 4 heteroatoms. The summed E-state index contributed by atoms with van der Waals surface area (Å²) in [6.45, 7) is 0. The van der Waals surface area contributed by atoms with Crippen molar-refractivity contribution in [1.82, 2.24) is 5.48 Å². The molecule has 0 heterocycles. The lowest BCUT2D eigenvalue weighted by molar-refractivity contribution is -0.0715. The van der Waals surface area contributed by atoms with Gasteiger partial charge in [-0.2, -0.15) is 5.48 Å². The van der Waals surface area contributed by atoms with Crippen LogP contribution in [0, 0.1) is 0 Å². The predicted octanol–water partition coefficient (Wildman–Crippen LogP) is -1.18. The summed E-state index contributed by atoms with van der Waals surface area (Å²) in [6, 6.07) is 0. The van der Waals surface area contributed by atoms with Crippen LogP contribution in [-0.2, 0) is 9.57 Å². The quantitative estimate of drug-likeness (QED) is 0.311. The molecule has 0 aromatic rings. The fourth-order valence-corrected chi connectivity index (χ4v) is 0.647. The Balaban J connectivity index is 0.000000640. The van der Waals surface area contributed by atoms with Crippen molar-refractivity contribution >= 4 is 11.0 Å². The Kier molecular flexibility index (Phi) is 3.35. The molecule has 0 bridgehead atoms. The van der Waals surface area contributed by atoms with Crippen LogP contribution in [0.4, 0.5) is 0 Å². The highest BCUT2D eigenvalue weighted by Gasteiger charge is 2.43. The van der Waals surface area contributed by atoms with Gasteiger partial charge in [0.15, 0.2) is 0 Å². The molecule has 9 heavy (non-hydrogen) atoms. The second-order valence-corrected chi connectivity index (χ2v) is 2.00. The molecular weight excluding hydrogens is 134 g/mol. The Bertz CT molecular complexity index is 85.0. The van der Waals surface area contributed by atoms with Crippen molar-refractivity contribution in [1.29, 1.82) is 0 Å². The standard InChI is InChI=1S/C5H11NO2.H4Si/c1-7-5(3-4-5)6-8-2;/h6H,3-4H2,1-2H3;1H4. The molecule has 1 rings (SSSR count). The lowest BCUT2D eigenvalue weighted by atomic mass is 10.6. The van der Waals surface area contributed by atoms with E-state index in [-0.39, 0.29) is 16.7 Å². The Labute approximate surface area is 59.7 Å². The molecule has 1 N–H and O–H groups in total. The van der Waals surface area contributed by atoms with Crippen LogP contribution >= 0.6 is 0 Å². The van der Waals surface area contributed by atoms with E-state index in [1.165, 1.54) is 0 Å². The van der Waals surface area contributed by atoms with Crippen molar-refractivity contribution in [2.75, 3.05) is 14.2 Å². The topological polar surface area (TPSA) is 30.5 Å². The van der Waals surface area contributed by atoms with E-state index in [2.05, 4.69) is 10.3 Å². The first-order chi connectivity index (χ1) is 3.83. The molecule has 0 unspecified atom stereocenters. The van der Waals surface area contributed by atoms with Crippen molar-refractivity contribution < 1.29 is 9.57 Å². The van der Waals surface area contributed by atoms with Gasteiger partial charge in [-0.1, -0.05) is 0 Å². The van der Waals surface area contributed by atoms with Gasteiger partial charge in [0.25, 0.3) is 0 Å². The number of hydrogen-bond acceptors (Lipinski definition) is 3. The fraction of sp³-hybridized carbons (Fsp3) is 1.00. The van der Waals surface area contributed by atoms with Crippen LogP contribution in [0.15, 0.2) is 0 Å². The van der Waals surface area contributed by atoms with Gasteiger partial charge in [0.2, 0.25) is 0 Å². The van der Waals surface area contributed by atoms with Crippen LogP contribution in [0.3, 0.4) is 0 Å². The largest absolute Gasteiger partial charge is 0.362 e. The first kappa shape index (κ1) is 9.10. The fourth-order valence-electron chi connectivity index (χ4n) is 0.647. The first-order valence-electron chi connectivity index (χ1n) is 2.68. The summed E-state index contributed by atoms with van der Waals surface area (Å²) in [7, 11) is 3.28. The van der Waals surface area contributed by atoms with Crippen molar-refractivity contribution in [3.05, 3.63) is 0 Å². The highest BCUT2D eigenvalue weighted by atomic mass is 28.1. The smallest absolute Gasteiger partial charge is 0.141 e. The third-order valence-corrected chi connectivity index (χ3v) is 1.38. The van der Waals surface area contributed by atoms with Gasteiger partial charge in [0.1, 0.15) is 5.72 Å². The Morgan fingerprint density at radius 2 is 1.89 bits per heavy atom. The third kappa shape index (κ3) is 2.06. The van der Waals surface area contributed by atoms with Gasteiger partial charge in [-0.3, -0.25) is 0 Å². The van der Waals surface area contributed by atoms with Gasteiger partial charge >= 0.3 is 0 Å². The number of hydrogen-bond donors (Lipinski definition) is 1.